The Bertz CT molecular complexity index is 390. The van der Waals surface area contributed by atoms with E-state index in [1.165, 1.54) is 7.11 Å². The predicted molar refractivity (Wildman–Crippen MR) is 73.4 cm³/mol. The van der Waals surface area contributed by atoms with E-state index in [0.717, 1.165) is 12.8 Å². The van der Waals surface area contributed by atoms with Crippen LogP contribution in [0, 0.1) is 5.92 Å². The van der Waals surface area contributed by atoms with E-state index in [-0.39, 0.29) is 42.9 Å². The van der Waals surface area contributed by atoms with Gasteiger partial charge in [-0.05, 0) is 12.8 Å². The highest BCUT2D eigenvalue weighted by atomic mass is 16.7. The molecule has 0 radical (unpaired) electrons. The summed E-state index contributed by atoms with van der Waals surface area (Å²) in [6, 6.07) is 0. The molecule has 0 aromatic heterocycles. The Hall–Kier alpha value is -1.14. The Morgan fingerprint density at radius 3 is 2.67 bits per heavy atom. The van der Waals surface area contributed by atoms with Crippen molar-refractivity contribution < 1.29 is 28.5 Å². The molecule has 21 heavy (non-hydrogen) atoms. The first-order chi connectivity index (χ1) is 10.0. The third-order valence-corrected chi connectivity index (χ3v) is 4.38. The van der Waals surface area contributed by atoms with Crippen LogP contribution in [-0.2, 0) is 28.5 Å². The zero-order chi connectivity index (χ0) is 15.5. The van der Waals surface area contributed by atoms with E-state index in [2.05, 4.69) is 4.74 Å². The number of hydrogen-bond acceptors (Lipinski definition) is 6. The third kappa shape index (κ3) is 3.74. The lowest BCUT2D eigenvalue weighted by molar-refractivity contribution is -0.175. The summed E-state index contributed by atoms with van der Waals surface area (Å²) >= 11 is 0. The second-order valence-electron chi connectivity index (χ2n) is 5.68. The summed E-state index contributed by atoms with van der Waals surface area (Å²) in [6.45, 7) is 4.56. The van der Waals surface area contributed by atoms with E-state index in [1.807, 2.05) is 13.8 Å². The van der Waals surface area contributed by atoms with Gasteiger partial charge in [-0.2, -0.15) is 0 Å². The molecular formula is C15H24O6. The molecule has 0 spiro atoms. The molecule has 0 aliphatic carbocycles. The van der Waals surface area contributed by atoms with Crippen LogP contribution in [0.2, 0.25) is 0 Å². The molecule has 2 fully saturated rings. The van der Waals surface area contributed by atoms with Crippen molar-refractivity contribution >= 4 is 11.9 Å². The van der Waals surface area contributed by atoms with Crippen molar-refractivity contribution in [3.63, 3.8) is 0 Å². The van der Waals surface area contributed by atoms with Gasteiger partial charge in [-0.15, -0.1) is 0 Å². The molecule has 0 N–H and O–H groups in total. The molecule has 0 aromatic carbocycles. The van der Waals surface area contributed by atoms with Crippen LogP contribution in [0.3, 0.4) is 0 Å². The van der Waals surface area contributed by atoms with Crippen molar-refractivity contribution in [2.45, 2.75) is 63.9 Å². The van der Waals surface area contributed by atoms with Crippen LogP contribution in [0.4, 0.5) is 0 Å². The van der Waals surface area contributed by atoms with E-state index in [9.17, 15) is 9.59 Å². The highest BCUT2D eigenvalue weighted by molar-refractivity contribution is 5.75. The van der Waals surface area contributed by atoms with Gasteiger partial charge in [0.2, 0.25) is 0 Å². The number of esters is 2. The Morgan fingerprint density at radius 2 is 2.10 bits per heavy atom. The molecule has 2 saturated heterocycles. The molecule has 0 amide bonds. The Morgan fingerprint density at radius 1 is 1.38 bits per heavy atom. The van der Waals surface area contributed by atoms with E-state index in [0.29, 0.717) is 13.0 Å². The summed E-state index contributed by atoms with van der Waals surface area (Å²) in [4.78, 5) is 22.9. The second kappa shape index (κ2) is 6.75. The number of carbonyl (C=O) groups is 2. The van der Waals surface area contributed by atoms with Crippen molar-refractivity contribution in [2.75, 3.05) is 13.7 Å². The average molecular weight is 300 g/mol. The standard InChI is InChI=1S/C15H24O6/c1-4-15(5-2)19-9-11(21-15)8-12-10(6-13(16)18-3)7-14(17)20-12/h10-12H,4-9H2,1-3H3/t10-,11+,12+/m0/s1. The van der Waals surface area contributed by atoms with Crippen molar-refractivity contribution in [1.82, 2.24) is 0 Å². The molecular weight excluding hydrogens is 276 g/mol. The third-order valence-electron chi connectivity index (χ3n) is 4.38. The van der Waals surface area contributed by atoms with Crippen LogP contribution >= 0.6 is 0 Å². The number of ether oxygens (including phenoxy) is 4. The Balaban J connectivity index is 1.92. The lowest BCUT2D eigenvalue weighted by Gasteiger charge is -2.26. The van der Waals surface area contributed by atoms with E-state index >= 15 is 0 Å². The summed E-state index contributed by atoms with van der Waals surface area (Å²) in [6.07, 6.45) is 2.21. The number of hydrogen-bond donors (Lipinski definition) is 0. The predicted octanol–water partition coefficient (Wildman–Crippen LogP) is 1.80. The minimum Gasteiger partial charge on any atom is -0.469 e. The van der Waals surface area contributed by atoms with Gasteiger partial charge in [0, 0.05) is 12.3 Å². The molecule has 2 heterocycles. The molecule has 0 aromatic rings. The van der Waals surface area contributed by atoms with Gasteiger partial charge in [0.25, 0.3) is 0 Å². The van der Waals surface area contributed by atoms with Crippen molar-refractivity contribution in [3.8, 4) is 0 Å². The molecule has 6 heteroatoms. The largest absolute Gasteiger partial charge is 0.469 e. The van der Waals surface area contributed by atoms with Crippen LogP contribution in [0.25, 0.3) is 0 Å². The molecule has 2 aliphatic rings. The van der Waals surface area contributed by atoms with Crippen LogP contribution in [0.1, 0.15) is 46.0 Å². The van der Waals surface area contributed by atoms with Gasteiger partial charge in [0.15, 0.2) is 5.79 Å². The highest BCUT2D eigenvalue weighted by Gasteiger charge is 2.43. The maximum atomic E-state index is 11.5. The number of carbonyl (C=O) groups excluding carboxylic acids is 2. The molecule has 2 aliphatic heterocycles. The van der Waals surface area contributed by atoms with Gasteiger partial charge < -0.3 is 18.9 Å². The summed E-state index contributed by atoms with van der Waals surface area (Å²) in [5.41, 5.74) is 0. The fourth-order valence-electron chi connectivity index (χ4n) is 3.01. The van der Waals surface area contributed by atoms with Gasteiger partial charge in [0.1, 0.15) is 6.10 Å². The minimum absolute atomic E-state index is 0.0963. The first kappa shape index (κ1) is 16.2. The summed E-state index contributed by atoms with van der Waals surface area (Å²) in [5, 5.41) is 0. The van der Waals surface area contributed by atoms with Crippen LogP contribution < -0.4 is 0 Å². The maximum Gasteiger partial charge on any atom is 0.306 e. The lowest BCUT2D eigenvalue weighted by Crippen LogP contribution is -2.31. The monoisotopic (exact) mass is 300 g/mol. The Kier molecular flexibility index (Phi) is 5.22. The van der Waals surface area contributed by atoms with Crippen molar-refractivity contribution in [1.29, 1.82) is 0 Å². The van der Waals surface area contributed by atoms with E-state index in [4.69, 9.17) is 14.2 Å². The van der Waals surface area contributed by atoms with Gasteiger partial charge >= 0.3 is 11.9 Å². The number of methoxy groups -OCH3 is 1. The topological polar surface area (TPSA) is 71.1 Å². The minimum atomic E-state index is -0.509. The molecule has 3 atom stereocenters. The molecule has 0 saturated carbocycles. The van der Waals surface area contributed by atoms with Crippen molar-refractivity contribution in [2.24, 2.45) is 5.92 Å². The number of rotatable bonds is 6. The summed E-state index contributed by atoms with van der Waals surface area (Å²) in [7, 11) is 1.35. The summed E-state index contributed by atoms with van der Waals surface area (Å²) in [5.74, 6) is -1.22. The maximum absolute atomic E-state index is 11.5. The zero-order valence-electron chi connectivity index (χ0n) is 12.9. The van der Waals surface area contributed by atoms with Crippen LogP contribution in [0.15, 0.2) is 0 Å². The van der Waals surface area contributed by atoms with Gasteiger partial charge in [0.05, 0.1) is 32.7 Å². The Labute approximate surface area is 125 Å². The number of cyclic esters (lactones) is 1. The second-order valence-corrected chi connectivity index (χ2v) is 5.68. The molecule has 0 bridgehead atoms. The SMILES string of the molecule is CCC1(CC)OC[C@@H](C[C@H]2OC(=O)C[C@@H]2CC(=O)OC)O1. The van der Waals surface area contributed by atoms with Crippen LogP contribution in [0.5, 0.6) is 0 Å². The first-order valence-electron chi connectivity index (χ1n) is 7.60. The lowest BCUT2D eigenvalue weighted by atomic mass is 9.93. The zero-order valence-corrected chi connectivity index (χ0v) is 12.9. The molecule has 120 valence electrons. The van der Waals surface area contributed by atoms with Crippen molar-refractivity contribution in [3.05, 3.63) is 0 Å². The van der Waals surface area contributed by atoms with Gasteiger partial charge in [-0.3, -0.25) is 9.59 Å². The van der Waals surface area contributed by atoms with E-state index < -0.39 is 5.79 Å². The van der Waals surface area contributed by atoms with Crippen LogP contribution in [-0.4, -0.2) is 43.7 Å². The normalized spacial score (nSPS) is 31.2. The van der Waals surface area contributed by atoms with Gasteiger partial charge in [-0.25, -0.2) is 0 Å². The molecule has 2 rings (SSSR count). The van der Waals surface area contributed by atoms with Gasteiger partial charge in [-0.1, -0.05) is 13.8 Å². The average Bonchev–Trinajstić information content (AvgIpc) is 3.04. The smallest absolute Gasteiger partial charge is 0.306 e. The molecule has 0 unspecified atom stereocenters. The molecule has 6 nitrogen and oxygen atoms in total. The quantitative estimate of drug-likeness (QED) is 0.697. The fraction of sp³-hybridized carbons (Fsp3) is 0.867. The highest BCUT2D eigenvalue weighted by Crippen LogP contribution is 2.35. The van der Waals surface area contributed by atoms with E-state index in [1.54, 1.807) is 0 Å². The fourth-order valence-corrected chi connectivity index (χ4v) is 3.01. The first-order valence-corrected chi connectivity index (χ1v) is 7.60. The summed E-state index contributed by atoms with van der Waals surface area (Å²) < 4.78 is 21.8.